The molecule has 0 saturated carbocycles. The lowest BCUT2D eigenvalue weighted by atomic mass is 9.76. The molecule has 234 valence electrons. The highest BCUT2D eigenvalue weighted by Crippen LogP contribution is 2.59. The van der Waals surface area contributed by atoms with Gasteiger partial charge in [-0.25, -0.2) is 0 Å². The van der Waals surface area contributed by atoms with Gasteiger partial charge in [0.15, 0.2) is 23.0 Å². The van der Waals surface area contributed by atoms with Crippen LogP contribution in [0.15, 0.2) is 6.07 Å². The van der Waals surface area contributed by atoms with E-state index in [1.807, 2.05) is 40.8 Å². The molecule has 7 rings (SSSR count). The fourth-order valence-electron chi connectivity index (χ4n) is 8.09. The number of hydrogen-bond acceptors (Lipinski definition) is 10. The molecule has 5 heterocycles. The number of phenolic OH excluding ortho intramolecular Hbond substituents is 1. The van der Waals surface area contributed by atoms with Gasteiger partial charge in [-0.15, -0.1) is 0 Å². The van der Waals surface area contributed by atoms with Gasteiger partial charge >= 0.3 is 5.97 Å². The van der Waals surface area contributed by atoms with Gasteiger partial charge in [0.05, 0.1) is 25.3 Å². The maximum atomic E-state index is 13.1. The fourth-order valence-corrected chi connectivity index (χ4v) is 8.09. The van der Waals surface area contributed by atoms with E-state index in [0.717, 1.165) is 27.8 Å². The number of nitrogens with zero attached hydrogens (tertiary/aromatic N) is 3. The Morgan fingerprint density at radius 1 is 1.23 bits per heavy atom. The van der Waals surface area contributed by atoms with Gasteiger partial charge in [0, 0.05) is 61.2 Å². The van der Waals surface area contributed by atoms with E-state index in [2.05, 4.69) is 21.2 Å². The molecule has 1 saturated heterocycles. The highest BCUT2D eigenvalue weighted by atomic mass is 16.7. The number of rotatable bonds is 6. The molecule has 11 heteroatoms. The van der Waals surface area contributed by atoms with Gasteiger partial charge < -0.3 is 29.4 Å². The third-order valence-corrected chi connectivity index (χ3v) is 9.51. The number of aromatic hydroxyl groups is 1. The van der Waals surface area contributed by atoms with Crippen molar-refractivity contribution < 1.29 is 33.6 Å². The quantitative estimate of drug-likeness (QED) is 0.372. The second-order valence-electron chi connectivity index (χ2n) is 12.9. The van der Waals surface area contributed by atoms with Crippen molar-refractivity contribution in [2.45, 2.75) is 77.5 Å². The number of amides is 1. The minimum absolute atomic E-state index is 0.00906. The van der Waals surface area contributed by atoms with Crippen molar-refractivity contribution in [2.24, 2.45) is 5.92 Å². The Labute approximate surface area is 257 Å². The third-order valence-electron chi connectivity index (χ3n) is 9.51. The van der Waals surface area contributed by atoms with Crippen LogP contribution in [0.25, 0.3) is 0 Å². The number of likely N-dealkylation sites (N-methyl/N-ethyl adjacent to an activating group) is 1. The second-order valence-corrected chi connectivity index (χ2v) is 12.9. The minimum Gasteiger partial charge on any atom is -0.504 e. The van der Waals surface area contributed by atoms with Crippen LogP contribution in [-0.4, -0.2) is 72.4 Å². The molecule has 0 spiro atoms. The summed E-state index contributed by atoms with van der Waals surface area (Å²) >= 11 is 0. The molecule has 2 bridgehead atoms. The molecule has 2 aromatic rings. The first-order valence-electron chi connectivity index (χ1n) is 15.1. The summed E-state index contributed by atoms with van der Waals surface area (Å²) in [6.07, 6.45) is 1.13. The number of phenols is 1. The topological polar surface area (TPSA) is 134 Å². The number of aryl methyl sites for hydroxylation is 1. The zero-order chi connectivity index (χ0) is 31.7. The van der Waals surface area contributed by atoms with Crippen LogP contribution < -0.4 is 24.3 Å². The van der Waals surface area contributed by atoms with Crippen LogP contribution in [0.1, 0.15) is 72.7 Å². The number of hydrogen-bond donors (Lipinski definition) is 2. The maximum absolute atomic E-state index is 13.1. The van der Waals surface area contributed by atoms with Gasteiger partial charge in [0.25, 0.3) is 0 Å². The Morgan fingerprint density at radius 2 is 1.95 bits per heavy atom. The molecule has 0 aliphatic carbocycles. The van der Waals surface area contributed by atoms with Crippen molar-refractivity contribution in [1.29, 1.82) is 5.26 Å². The Balaban J connectivity index is 1.62. The van der Waals surface area contributed by atoms with E-state index in [0.29, 0.717) is 54.4 Å². The number of nitriles is 1. The normalized spacial score (nSPS) is 25.0. The van der Waals surface area contributed by atoms with E-state index in [1.165, 1.54) is 6.92 Å². The molecular weight excluding hydrogens is 564 g/mol. The van der Waals surface area contributed by atoms with Gasteiger partial charge in [-0.1, -0.05) is 19.9 Å². The Hall–Kier alpha value is -4.01. The number of ether oxygens (including phenoxy) is 4. The SMILES string of the molecule is COc1c(C)cc2c(c1O)[C@@H]1C3Cc4c(OC(C)=O)c(C)c5c(c4[C@H](CNC(=O)CC(C)C)N3[C@](C#N)(C2)CN1C)OCO5. The summed E-state index contributed by atoms with van der Waals surface area (Å²) in [4.78, 5) is 29.8. The summed E-state index contributed by atoms with van der Waals surface area (Å²) < 4.78 is 23.5. The van der Waals surface area contributed by atoms with Crippen LogP contribution in [0.5, 0.6) is 28.7 Å². The summed E-state index contributed by atoms with van der Waals surface area (Å²) in [6, 6.07) is 3.53. The molecule has 1 amide bonds. The van der Waals surface area contributed by atoms with Gasteiger partial charge in [-0.05, 0) is 44.4 Å². The standard InChI is InChI=1S/C33H40N4O7/c1-16(2)8-24(39)35-12-23-26-21(30(44-19(5)38)18(4)31-32(26)43-15-42-31)10-22-27-25-20(9-17(3)29(41-7)28(25)40)11-33(13-34,37(22)23)14-36(27)6/h9,16,22-23,27,40H,8,10-12,14-15H2,1-7H3,(H,35,39)/t22?,23-,27-,33-/m0/s1. The van der Waals surface area contributed by atoms with Crippen molar-refractivity contribution >= 4 is 11.9 Å². The minimum atomic E-state index is -1.02. The van der Waals surface area contributed by atoms with E-state index in [4.69, 9.17) is 18.9 Å². The lowest BCUT2D eigenvalue weighted by molar-refractivity contribution is -0.132. The average molecular weight is 605 g/mol. The average Bonchev–Trinajstić information content (AvgIpc) is 3.36. The van der Waals surface area contributed by atoms with E-state index >= 15 is 0 Å². The molecule has 1 unspecified atom stereocenters. The first-order valence-corrected chi connectivity index (χ1v) is 15.1. The number of carbonyl (C=O) groups is 2. The molecule has 44 heavy (non-hydrogen) atoms. The molecule has 5 aliphatic heterocycles. The van der Waals surface area contributed by atoms with Gasteiger partial charge in [0.2, 0.25) is 12.7 Å². The molecule has 5 aliphatic rings. The lowest BCUT2D eigenvalue weighted by Gasteiger charge is -2.58. The number of benzene rings is 2. The largest absolute Gasteiger partial charge is 0.504 e. The highest BCUT2D eigenvalue weighted by molar-refractivity contribution is 5.77. The second kappa shape index (κ2) is 10.9. The first-order chi connectivity index (χ1) is 20.9. The number of nitrogens with one attached hydrogen (secondary N) is 1. The van der Waals surface area contributed by atoms with E-state index in [1.54, 1.807) is 7.11 Å². The van der Waals surface area contributed by atoms with Crippen LogP contribution in [-0.2, 0) is 22.4 Å². The van der Waals surface area contributed by atoms with Crippen molar-refractivity contribution in [3.05, 3.63) is 39.4 Å². The van der Waals surface area contributed by atoms with Crippen LogP contribution in [0, 0.1) is 31.1 Å². The molecule has 0 radical (unpaired) electrons. The zero-order valence-electron chi connectivity index (χ0n) is 26.4. The molecule has 2 N–H and O–H groups in total. The monoisotopic (exact) mass is 604 g/mol. The van der Waals surface area contributed by atoms with Crippen molar-refractivity contribution in [3.8, 4) is 34.8 Å². The molecule has 2 aromatic carbocycles. The molecular formula is C33H40N4O7. The number of piperazine rings is 1. The Bertz CT molecular complexity index is 1600. The number of carbonyl (C=O) groups excluding carboxylic acids is 2. The van der Waals surface area contributed by atoms with Gasteiger partial charge in [0.1, 0.15) is 11.3 Å². The van der Waals surface area contributed by atoms with Crippen LogP contribution in [0.3, 0.4) is 0 Å². The highest BCUT2D eigenvalue weighted by Gasteiger charge is 2.60. The van der Waals surface area contributed by atoms with Crippen molar-refractivity contribution in [3.63, 3.8) is 0 Å². The van der Waals surface area contributed by atoms with Crippen molar-refractivity contribution in [1.82, 2.24) is 15.1 Å². The van der Waals surface area contributed by atoms with Gasteiger partial charge in [-0.3, -0.25) is 19.4 Å². The van der Waals surface area contributed by atoms with E-state index in [-0.39, 0.29) is 43.0 Å². The summed E-state index contributed by atoms with van der Waals surface area (Å²) in [6.45, 7) is 9.71. The summed E-state index contributed by atoms with van der Waals surface area (Å²) in [7, 11) is 3.51. The summed E-state index contributed by atoms with van der Waals surface area (Å²) in [5, 5.41) is 25.9. The maximum Gasteiger partial charge on any atom is 0.308 e. The van der Waals surface area contributed by atoms with Crippen LogP contribution >= 0.6 is 0 Å². The smallest absolute Gasteiger partial charge is 0.308 e. The fraction of sp³-hybridized carbons (Fsp3) is 0.545. The predicted molar refractivity (Wildman–Crippen MR) is 160 cm³/mol. The van der Waals surface area contributed by atoms with Crippen LogP contribution in [0.4, 0.5) is 0 Å². The number of methoxy groups -OCH3 is 1. The Morgan fingerprint density at radius 3 is 2.61 bits per heavy atom. The third kappa shape index (κ3) is 4.46. The molecule has 0 aromatic heterocycles. The van der Waals surface area contributed by atoms with Crippen LogP contribution in [0.2, 0.25) is 0 Å². The number of fused-ring (bicyclic) bond motifs is 4. The molecule has 11 nitrogen and oxygen atoms in total. The lowest BCUT2D eigenvalue weighted by Crippen LogP contribution is -2.68. The van der Waals surface area contributed by atoms with E-state index in [9.17, 15) is 20.0 Å². The van der Waals surface area contributed by atoms with Gasteiger partial charge in [-0.2, -0.15) is 5.26 Å². The molecule has 4 atom stereocenters. The molecule has 1 fully saturated rings. The van der Waals surface area contributed by atoms with E-state index < -0.39 is 17.6 Å². The zero-order valence-corrected chi connectivity index (χ0v) is 26.4. The number of esters is 1. The summed E-state index contributed by atoms with van der Waals surface area (Å²) in [5.41, 5.74) is 3.59. The summed E-state index contributed by atoms with van der Waals surface area (Å²) in [5.74, 6) is 1.57. The Kier molecular flexibility index (Phi) is 7.41. The van der Waals surface area contributed by atoms with Crippen molar-refractivity contribution in [2.75, 3.05) is 34.0 Å². The predicted octanol–water partition coefficient (Wildman–Crippen LogP) is 3.61. The first kappa shape index (κ1) is 30.0.